The van der Waals surface area contributed by atoms with Gasteiger partial charge in [-0.25, -0.2) is 0 Å². The minimum atomic E-state index is 0.0815. The zero-order valence-corrected chi connectivity index (χ0v) is 9.81. The van der Waals surface area contributed by atoms with Gasteiger partial charge in [-0.1, -0.05) is 24.6 Å². The molecule has 0 saturated heterocycles. The molecule has 0 aromatic heterocycles. The zero-order chi connectivity index (χ0) is 12.3. The van der Waals surface area contributed by atoms with Gasteiger partial charge in [0.15, 0.2) is 17.3 Å². The van der Waals surface area contributed by atoms with E-state index in [0.29, 0.717) is 17.9 Å². The van der Waals surface area contributed by atoms with Crippen LogP contribution in [0.25, 0.3) is 0 Å². The lowest BCUT2D eigenvalue weighted by Gasteiger charge is -2.17. The molecule has 0 aliphatic heterocycles. The molecule has 1 aliphatic rings. The van der Waals surface area contributed by atoms with E-state index in [1.807, 2.05) is 0 Å². The molecule has 2 rings (SSSR count). The van der Waals surface area contributed by atoms with Crippen molar-refractivity contribution in [2.75, 3.05) is 0 Å². The molecule has 3 heteroatoms. The summed E-state index contributed by atoms with van der Waals surface area (Å²) in [6.07, 6.45) is 4.25. The third-order valence-corrected chi connectivity index (χ3v) is 2.85. The van der Waals surface area contributed by atoms with Crippen molar-refractivity contribution in [1.82, 2.24) is 0 Å². The van der Waals surface area contributed by atoms with Crippen LogP contribution in [-0.2, 0) is 0 Å². The summed E-state index contributed by atoms with van der Waals surface area (Å²) < 4.78 is 5.53. The highest BCUT2D eigenvalue weighted by Crippen LogP contribution is 2.31. The smallest absolute Gasteiger partial charge is 0.168 e. The number of benzene rings is 1. The lowest BCUT2D eigenvalue weighted by molar-refractivity contribution is 0.316. The number of hydrogen-bond acceptors (Lipinski definition) is 3. The van der Waals surface area contributed by atoms with Gasteiger partial charge in [-0.3, -0.25) is 0 Å². The molecule has 90 valence electrons. The number of aromatic hydroxyl groups is 1. The summed E-state index contributed by atoms with van der Waals surface area (Å²) in [4.78, 5) is 0. The number of para-hydroxylation sites is 2. The van der Waals surface area contributed by atoms with Crippen molar-refractivity contribution in [1.29, 1.82) is 0 Å². The summed E-state index contributed by atoms with van der Waals surface area (Å²) in [6, 6.07) is 6.74. The Kier molecular flexibility index (Phi) is 3.38. The molecule has 3 nitrogen and oxygen atoms in total. The number of phenolic OH excluding ortho intramolecular Hbond substituents is 1. The van der Waals surface area contributed by atoms with Crippen LogP contribution in [0.3, 0.4) is 0 Å². The number of ether oxygens (including phenoxy) is 1. The maximum absolute atomic E-state index is 9.82. The van der Waals surface area contributed by atoms with Crippen LogP contribution in [-0.4, -0.2) is 10.2 Å². The number of allylic oxidation sites excluding steroid dienone is 3. The normalized spacial score (nSPS) is 15.7. The van der Waals surface area contributed by atoms with Gasteiger partial charge in [-0.05, 0) is 31.1 Å². The summed E-state index contributed by atoms with van der Waals surface area (Å²) in [5.74, 6) is 1.14. The number of rotatable bonds is 3. The largest absolute Gasteiger partial charge is 0.504 e. The number of hydrogen-bond donors (Lipinski definition) is 2. The van der Waals surface area contributed by atoms with E-state index in [4.69, 9.17) is 4.74 Å². The fourth-order valence-corrected chi connectivity index (χ4v) is 1.81. The van der Waals surface area contributed by atoms with E-state index in [9.17, 15) is 10.2 Å². The Morgan fingerprint density at radius 1 is 1.18 bits per heavy atom. The molecule has 0 spiro atoms. The van der Waals surface area contributed by atoms with E-state index in [1.165, 1.54) is 5.57 Å². The average molecular weight is 232 g/mol. The fraction of sp³-hybridized carbons (Fsp3) is 0.286. The van der Waals surface area contributed by atoms with Crippen molar-refractivity contribution in [2.45, 2.75) is 26.2 Å². The highest BCUT2D eigenvalue weighted by atomic mass is 16.5. The summed E-state index contributed by atoms with van der Waals surface area (Å²) in [5.41, 5.74) is 1.21. The minimum Gasteiger partial charge on any atom is -0.504 e. The summed E-state index contributed by atoms with van der Waals surface area (Å²) in [6.45, 7) is 2.06. The van der Waals surface area contributed by atoms with Gasteiger partial charge in [0, 0.05) is 6.42 Å². The number of phenols is 1. The highest BCUT2D eigenvalue weighted by molar-refractivity contribution is 5.40. The molecule has 0 fully saturated rings. The maximum atomic E-state index is 9.82. The Balaban J connectivity index is 2.20. The first-order valence-electron chi connectivity index (χ1n) is 5.78. The first kappa shape index (κ1) is 11.6. The van der Waals surface area contributed by atoms with Gasteiger partial charge in [0.1, 0.15) is 5.76 Å². The van der Waals surface area contributed by atoms with Gasteiger partial charge in [0.05, 0.1) is 0 Å². The highest BCUT2D eigenvalue weighted by Gasteiger charge is 2.15. The van der Waals surface area contributed by atoms with E-state index >= 15 is 0 Å². The summed E-state index contributed by atoms with van der Waals surface area (Å²) >= 11 is 0. The van der Waals surface area contributed by atoms with Crippen LogP contribution in [0.2, 0.25) is 0 Å². The maximum Gasteiger partial charge on any atom is 0.168 e. The summed E-state index contributed by atoms with van der Waals surface area (Å²) in [5, 5.41) is 19.4. The Labute approximate surface area is 101 Å². The van der Waals surface area contributed by atoms with Crippen molar-refractivity contribution in [3.05, 3.63) is 47.4 Å². The Morgan fingerprint density at radius 2 is 1.94 bits per heavy atom. The van der Waals surface area contributed by atoms with Crippen molar-refractivity contribution < 1.29 is 14.9 Å². The molecule has 0 radical (unpaired) electrons. The van der Waals surface area contributed by atoms with Gasteiger partial charge in [0.2, 0.25) is 0 Å². The fourth-order valence-electron chi connectivity index (χ4n) is 1.81. The lowest BCUT2D eigenvalue weighted by atomic mass is 10.0. The Morgan fingerprint density at radius 3 is 2.59 bits per heavy atom. The van der Waals surface area contributed by atoms with Crippen LogP contribution in [0.1, 0.15) is 26.2 Å². The SMILES string of the molecule is CCC1=CC(O)=C(Oc2ccccc2O)CC1. The molecule has 0 bridgehead atoms. The molecule has 0 heterocycles. The van der Waals surface area contributed by atoms with Gasteiger partial charge in [-0.15, -0.1) is 0 Å². The molecule has 0 unspecified atom stereocenters. The molecule has 1 aliphatic carbocycles. The molecule has 1 aromatic rings. The van der Waals surface area contributed by atoms with E-state index in [2.05, 4.69) is 6.92 Å². The van der Waals surface area contributed by atoms with Gasteiger partial charge < -0.3 is 14.9 Å². The molecule has 17 heavy (non-hydrogen) atoms. The van der Waals surface area contributed by atoms with Gasteiger partial charge in [0.25, 0.3) is 0 Å². The van der Waals surface area contributed by atoms with Crippen LogP contribution >= 0.6 is 0 Å². The molecule has 0 saturated carbocycles. The monoisotopic (exact) mass is 232 g/mol. The second kappa shape index (κ2) is 4.95. The molecule has 0 amide bonds. The van der Waals surface area contributed by atoms with Crippen molar-refractivity contribution in [2.24, 2.45) is 0 Å². The second-order valence-electron chi connectivity index (χ2n) is 4.03. The third kappa shape index (κ3) is 2.61. The molecule has 1 aromatic carbocycles. The molecule has 0 atom stereocenters. The van der Waals surface area contributed by atoms with E-state index < -0.39 is 0 Å². The third-order valence-electron chi connectivity index (χ3n) is 2.85. The van der Waals surface area contributed by atoms with E-state index in [1.54, 1.807) is 30.3 Å². The number of aliphatic hydroxyl groups excluding tert-OH is 1. The quantitative estimate of drug-likeness (QED) is 0.835. The topological polar surface area (TPSA) is 49.7 Å². The Hall–Kier alpha value is -1.90. The van der Waals surface area contributed by atoms with Crippen LogP contribution < -0.4 is 4.74 Å². The predicted molar refractivity (Wildman–Crippen MR) is 66.0 cm³/mol. The summed E-state index contributed by atoms with van der Waals surface area (Å²) in [7, 11) is 0. The number of aliphatic hydroxyl groups is 1. The standard InChI is InChI=1S/C14H16O3/c1-2-10-7-8-14(12(16)9-10)17-13-6-4-3-5-11(13)15/h3-6,9,15-16H,2,7-8H2,1H3. The van der Waals surface area contributed by atoms with E-state index in [0.717, 1.165) is 12.8 Å². The predicted octanol–water partition coefficient (Wildman–Crippen LogP) is 3.67. The van der Waals surface area contributed by atoms with Crippen LogP contribution in [0.15, 0.2) is 47.4 Å². The average Bonchev–Trinajstić information content (AvgIpc) is 2.34. The van der Waals surface area contributed by atoms with Crippen LogP contribution in [0, 0.1) is 0 Å². The van der Waals surface area contributed by atoms with Crippen LogP contribution in [0.4, 0.5) is 0 Å². The Bertz CT molecular complexity index is 472. The van der Waals surface area contributed by atoms with Gasteiger partial charge in [-0.2, -0.15) is 0 Å². The molecule has 2 N–H and O–H groups in total. The molecular weight excluding hydrogens is 216 g/mol. The minimum absolute atomic E-state index is 0.0815. The van der Waals surface area contributed by atoms with E-state index in [-0.39, 0.29) is 11.5 Å². The molecular formula is C14H16O3. The van der Waals surface area contributed by atoms with Crippen LogP contribution in [0.5, 0.6) is 11.5 Å². The first-order chi connectivity index (χ1) is 8.20. The lowest BCUT2D eigenvalue weighted by Crippen LogP contribution is -2.05. The van der Waals surface area contributed by atoms with Crippen molar-refractivity contribution in [3.63, 3.8) is 0 Å². The first-order valence-corrected chi connectivity index (χ1v) is 5.78. The van der Waals surface area contributed by atoms with Gasteiger partial charge >= 0.3 is 0 Å². The van der Waals surface area contributed by atoms with Crippen molar-refractivity contribution in [3.8, 4) is 11.5 Å². The second-order valence-corrected chi connectivity index (χ2v) is 4.03. The van der Waals surface area contributed by atoms with Crippen molar-refractivity contribution >= 4 is 0 Å². The zero-order valence-electron chi connectivity index (χ0n) is 9.81.